The van der Waals surface area contributed by atoms with Crippen LogP contribution in [0.15, 0.2) is 47.0 Å². The third-order valence-corrected chi connectivity index (χ3v) is 3.15. The van der Waals surface area contributed by atoms with Crippen molar-refractivity contribution in [3.63, 3.8) is 0 Å². The Morgan fingerprint density at radius 1 is 1.15 bits per heavy atom. The van der Waals surface area contributed by atoms with Crippen molar-refractivity contribution < 1.29 is 14.0 Å². The number of aryl methyl sites for hydroxylation is 1. The summed E-state index contributed by atoms with van der Waals surface area (Å²) in [7, 11) is 1.63. The number of fused-ring (bicyclic) bond motifs is 1. The molecule has 0 atom stereocenters. The number of hydrogen-bond donors (Lipinski definition) is 0. The van der Waals surface area contributed by atoms with Gasteiger partial charge in [0.05, 0.1) is 18.2 Å². The molecule has 0 saturated heterocycles. The van der Waals surface area contributed by atoms with Crippen molar-refractivity contribution in [2.45, 2.75) is 13.5 Å². The zero-order valence-electron chi connectivity index (χ0n) is 11.4. The maximum Gasteiger partial charge on any atom is 0.174 e. The average molecular weight is 269 g/mol. The molecule has 0 spiro atoms. The topological polar surface area (TPSA) is 44.5 Å². The first-order valence-corrected chi connectivity index (χ1v) is 6.38. The fourth-order valence-corrected chi connectivity index (χ4v) is 2.14. The molecular formula is C16H15NO3. The Balaban J connectivity index is 1.88. The van der Waals surface area contributed by atoms with Gasteiger partial charge in [-0.25, -0.2) is 0 Å². The van der Waals surface area contributed by atoms with Crippen LogP contribution in [0.5, 0.6) is 11.5 Å². The van der Waals surface area contributed by atoms with E-state index in [1.807, 2.05) is 49.4 Å². The van der Waals surface area contributed by atoms with E-state index >= 15 is 0 Å². The summed E-state index contributed by atoms with van der Waals surface area (Å²) in [5, 5.41) is 4.84. The van der Waals surface area contributed by atoms with E-state index in [1.165, 1.54) is 0 Å². The van der Waals surface area contributed by atoms with Gasteiger partial charge in [-0.15, -0.1) is 0 Å². The van der Waals surface area contributed by atoms with Crippen LogP contribution in [0.1, 0.15) is 11.3 Å². The normalized spacial score (nSPS) is 10.7. The highest BCUT2D eigenvalue weighted by Gasteiger charge is 2.12. The SMILES string of the molecule is COc1cc(OCc2ccccc2)cc2onc(C)c12. The standard InChI is InChI=1S/C16H15NO3/c1-11-16-14(18-2)8-13(9-15(16)20-17-11)19-10-12-6-4-3-5-7-12/h3-9H,10H2,1-2H3. The maximum absolute atomic E-state index is 5.78. The van der Waals surface area contributed by atoms with E-state index < -0.39 is 0 Å². The third-order valence-electron chi connectivity index (χ3n) is 3.15. The maximum atomic E-state index is 5.78. The first-order chi connectivity index (χ1) is 9.78. The van der Waals surface area contributed by atoms with E-state index in [2.05, 4.69) is 5.16 Å². The van der Waals surface area contributed by atoms with Crippen LogP contribution in [-0.4, -0.2) is 12.3 Å². The first-order valence-electron chi connectivity index (χ1n) is 6.38. The van der Waals surface area contributed by atoms with Crippen LogP contribution in [0.2, 0.25) is 0 Å². The van der Waals surface area contributed by atoms with Crippen LogP contribution < -0.4 is 9.47 Å². The molecule has 4 heteroatoms. The third kappa shape index (κ3) is 2.32. The molecule has 3 rings (SSSR count). The minimum atomic E-state index is 0.503. The Bertz CT molecular complexity index is 719. The molecule has 0 aliphatic heterocycles. The van der Waals surface area contributed by atoms with Gasteiger partial charge in [0, 0.05) is 12.1 Å². The Labute approximate surface area is 116 Å². The van der Waals surface area contributed by atoms with Crippen molar-refractivity contribution in [2.75, 3.05) is 7.11 Å². The van der Waals surface area contributed by atoms with Crippen molar-refractivity contribution in [2.24, 2.45) is 0 Å². The molecule has 2 aromatic carbocycles. The lowest BCUT2D eigenvalue weighted by Gasteiger charge is -2.08. The summed E-state index contributed by atoms with van der Waals surface area (Å²) in [4.78, 5) is 0. The molecule has 1 heterocycles. The number of aromatic nitrogens is 1. The highest BCUT2D eigenvalue weighted by atomic mass is 16.5. The molecule has 0 aliphatic carbocycles. The highest BCUT2D eigenvalue weighted by Crippen LogP contribution is 2.33. The van der Waals surface area contributed by atoms with Gasteiger partial charge in [0.1, 0.15) is 18.1 Å². The minimum absolute atomic E-state index is 0.503. The lowest BCUT2D eigenvalue weighted by molar-refractivity contribution is 0.303. The zero-order valence-corrected chi connectivity index (χ0v) is 11.4. The van der Waals surface area contributed by atoms with Gasteiger partial charge in [-0.2, -0.15) is 0 Å². The smallest absolute Gasteiger partial charge is 0.174 e. The second-order valence-electron chi connectivity index (χ2n) is 4.54. The van der Waals surface area contributed by atoms with Gasteiger partial charge in [0.15, 0.2) is 5.58 Å². The van der Waals surface area contributed by atoms with Crippen LogP contribution in [0.4, 0.5) is 0 Å². The second-order valence-corrected chi connectivity index (χ2v) is 4.54. The predicted molar refractivity (Wildman–Crippen MR) is 76.1 cm³/mol. The molecule has 0 saturated carbocycles. The van der Waals surface area contributed by atoms with Gasteiger partial charge in [0.25, 0.3) is 0 Å². The quantitative estimate of drug-likeness (QED) is 0.724. The number of nitrogens with zero attached hydrogens (tertiary/aromatic N) is 1. The summed E-state index contributed by atoms with van der Waals surface area (Å²) in [6.07, 6.45) is 0. The molecule has 0 bridgehead atoms. The van der Waals surface area contributed by atoms with Crippen molar-refractivity contribution in [1.82, 2.24) is 5.16 Å². The molecule has 0 aliphatic rings. The fraction of sp³-hybridized carbons (Fsp3) is 0.188. The van der Waals surface area contributed by atoms with Gasteiger partial charge in [-0.1, -0.05) is 35.5 Å². The van der Waals surface area contributed by atoms with Gasteiger partial charge >= 0.3 is 0 Å². The van der Waals surface area contributed by atoms with E-state index in [4.69, 9.17) is 14.0 Å². The zero-order chi connectivity index (χ0) is 13.9. The summed E-state index contributed by atoms with van der Waals surface area (Å²) in [6.45, 7) is 2.39. The molecule has 102 valence electrons. The molecule has 1 aromatic heterocycles. The molecule has 0 N–H and O–H groups in total. The van der Waals surface area contributed by atoms with Gasteiger partial charge in [0.2, 0.25) is 0 Å². The van der Waals surface area contributed by atoms with Crippen LogP contribution in [0.25, 0.3) is 11.0 Å². The summed E-state index contributed by atoms with van der Waals surface area (Å²) < 4.78 is 16.4. The number of hydrogen-bond acceptors (Lipinski definition) is 4. The van der Waals surface area contributed by atoms with Gasteiger partial charge in [-0.3, -0.25) is 0 Å². The second kappa shape index (κ2) is 5.25. The summed E-state index contributed by atoms with van der Waals surface area (Å²) >= 11 is 0. The van der Waals surface area contributed by atoms with Gasteiger partial charge < -0.3 is 14.0 Å². The monoisotopic (exact) mass is 269 g/mol. The number of benzene rings is 2. The van der Waals surface area contributed by atoms with Crippen molar-refractivity contribution in [1.29, 1.82) is 0 Å². The van der Waals surface area contributed by atoms with Crippen molar-refractivity contribution in [3.05, 3.63) is 53.7 Å². The minimum Gasteiger partial charge on any atom is -0.496 e. The van der Waals surface area contributed by atoms with Crippen LogP contribution in [-0.2, 0) is 6.61 Å². The first kappa shape index (κ1) is 12.5. The number of rotatable bonds is 4. The van der Waals surface area contributed by atoms with E-state index in [0.717, 1.165) is 16.6 Å². The highest BCUT2D eigenvalue weighted by molar-refractivity contribution is 5.87. The van der Waals surface area contributed by atoms with Crippen molar-refractivity contribution in [3.8, 4) is 11.5 Å². The lowest BCUT2D eigenvalue weighted by Crippen LogP contribution is -1.95. The predicted octanol–water partition coefficient (Wildman–Crippen LogP) is 3.72. The summed E-state index contributed by atoms with van der Waals surface area (Å²) in [6, 6.07) is 13.7. The molecule has 0 fully saturated rings. The number of ether oxygens (including phenoxy) is 2. The molecule has 20 heavy (non-hydrogen) atoms. The largest absolute Gasteiger partial charge is 0.496 e. The Morgan fingerprint density at radius 2 is 1.95 bits per heavy atom. The summed E-state index contributed by atoms with van der Waals surface area (Å²) in [5.74, 6) is 1.42. The Hall–Kier alpha value is -2.49. The molecule has 4 nitrogen and oxygen atoms in total. The lowest BCUT2D eigenvalue weighted by atomic mass is 10.2. The summed E-state index contributed by atoms with van der Waals surface area (Å²) in [5.41, 5.74) is 2.59. The van der Waals surface area contributed by atoms with Crippen LogP contribution >= 0.6 is 0 Å². The molecule has 0 radical (unpaired) electrons. The van der Waals surface area contributed by atoms with Gasteiger partial charge in [-0.05, 0) is 12.5 Å². The van der Waals surface area contributed by atoms with Crippen molar-refractivity contribution >= 4 is 11.0 Å². The average Bonchev–Trinajstić information content (AvgIpc) is 2.87. The van der Waals surface area contributed by atoms with E-state index in [9.17, 15) is 0 Å². The van der Waals surface area contributed by atoms with E-state index in [1.54, 1.807) is 7.11 Å². The number of methoxy groups -OCH3 is 1. The van der Waals surface area contributed by atoms with Crippen LogP contribution in [0, 0.1) is 6.92 Å². The molecular weight excluding hydrogens is 254 g/mol. The van der Waals surface area contributed by atoms with Crippen LogP contribution in [0.3, 0.4) is 0 Å². The molecule has 3 aromatic rings. The molecule has 0 amide bonds. The Kier molecular flexibility index (Phi) is 3.29. The molecule has 0 unspecified atom stereocenters. The van der Waals surface area contributed by atoms with E-state index in [0.29, 0.717) is 23.7 Å². The van der Waals surface area contributed by atoms with E-state index in [-0.39, 0.29) is 0 Å². The Morgan fingerprint density at radius 3 is 2.70 bits per heavy atom. The fourth-order valence-electron chi connectivity index (χ4n) is 2.14.